The van der Waals surface area contributed by atoms with Crippen LogP contribution in [-0.2, 0) is 4.79 Å². The van der Waals surface area contributed by atoms with Gasteiger partial charge >= 0.3 is 5.97 Å². The Morgan fingerprint density at radius 1 is 1.59 bits per heavy atom. The van der Waals surface area contributed by atoms with Crippen LogP contribution in [0.25, 0.3) is 4.96 Å². The Hall–Kier alpha value is -1.50. The number of rotatable bonds is 2. The Bertz CT molecular complexity index is 535. The lowest BCUT2D eigenvalue weighted by Gasteiger charge is -2.11. The molecule has 0 radical (unpaired) electrons. The molecule has 0 aliphatic heterocycles. The van der Waals surface area contributed by atoms with E-state index < -0.39 is 5.97 Å². The molecule has 0 bridgehead atoms. The van der Waals surface area contributed by atoms with Crippen molar-refractivity contribution in [2.75, 3.05) is 0 Å². The summed E-state index contributed by atoms with van der Waals surface area (Å²) in [4.78, 5) is 12.0. The number of hydrogen-bond donors (Lipinski definition) is 1. The Balaban J connectivity index is 1.97. The minimum atomic E-state index is -0.717. The topological polar surface area (TPSA) is 80.4 Å². The maximum Gasteiger partial charge on any atom is 0.307 e. The van der Waals surface area contributed by atoms with E-state index in [0.717, 1.165) is 22.8 Å². The molecule has 3 rings (SSSR count). The van der Waals surface area contributed by atoms with E-state index in [9.17, 15) is 9.90 Å². The molecule has 2 heterocycles. The first-order chi connectivity index (χ1) is 8.15. The standard InChI is InChI=1S/C10H12N4O2S/c1-5-2-6(7(3-5)9(15)16)8-13-14-4-11-12-10(14)17-8/h4-7H,2-3H2,1H3,(H,15,16). The summed E-state index contributed by atoms with van der Waals surface area (Å²) in [6, 6.07) is 0. The number of carboxylic acid groups (broad SMARTS) is 1. The molecule has 0 saturated heterocycles. The Morgan fingerprint density at radius 3 is 3.12 bits per heavy atom. The first-order valence-electron chi connectivity index (χ1n) is 5.54. The van der Waals surface area contributed by atoms with Crippen molar-refractivity contribution >= 4 is 22.3 Å². The molecule has 17 heavy (non-hydrogen) atoms. The molecule has 0 aromatic carbocycles. The first-order valence-corrected chi connectivity index (χ1v) is 6.36. The fourth-order valence-electron chi connectivity index (χ4n) is 2.56. The van der Waals surface area contributed by atoms with Gasteiger partial charge in [-0.3, -0.25) is 4.79 Å². The van der Waals surface area contributed by atoms with Crippen molar-refractivity contribution in [2.24, 2.45) is 11.8 Å². The summed E-state index contributed by atoms with van der Waals surface area (Å²) in [6.07, 6.45) is 3.17. The van der Waals surface area contributed by atoms with Gasteiger partial charge in [0, 0.05) is 5.92 Å². The highest BCUT2D eigenvalue weighted by atomic mass is 32.1. The molecule has 1 fully saturated rings. The van der Waals surface area contributed by atoms with Gasteiger partial charge in [-0.2, -0.15) is 9.61 Å². The highest BCUT2D eigenvalue weighted by molar-refractivity contribution is 7.16. The molecule has 3 unspecified atom stereocenters. The Kier molecular flexibility index (Phi) is 2.36. The van der Waals surface area contributed by atoms with E-state index in [1.54, 1.807) is 10.8 Å². The van der Waals surface area contributed by atoms with Crippen molar-refractivity contribution in [2.45, 2.75) is 25.7 Å². The lowest BCUT2D eigenvalue weighted by atomic mass is 9.97. The summed E-state index contributed by atoms with van der Waals surface area (Å²) < 4.78 is 1.61. The molecular weight excluding hydrogens is 240 g/mol. The molecule has 3 atom stereocenters. The molecule has 1 saturated carbocycles. The number of fused-ring (bicyclic) bond motifs is 1. The van der Waals surface area contributed by atoms with Gasteiger partial charge in [0.25, 0.3) is 0 Å². The van der Waals surface area contributed by atoms with Crippen molar-refractivity contribution in [3.8, 4) is 0 Å². The lowest BCUT2D eigenvalue weighted by molar-refractivity contribution is -0.142. The molecule has 0 spiro atoms. The largest absolute Gasteiger partial charge is 0.481 e. The Labute approximate surface area is 101 Å². The van der Waals surface area contributed by atoms with Crippen LogP contribution in [-0.4, -0.2) is 30.9 Å². The molecule has 6 nitrogen and oxygen atoms in total. The molecule has 1 N–H and O–H groups in total. The molecule has 90 valence electrons. The number of carbonyl (C=O) groups is 1. The van der Waals surface area contributed by atoms with Gasteiger partial charge in [0.1, 0.15) is 11.3 Å². The summed E-state index contributed by atoms with van der Waals surface area (Å²) in [5, 5.41) is 22.1. The van der Waals surface area contributed by atoms with Crippen molar-refractivity contribution in [3.05, 3.63) is 11.3 Å². The van der Waals surface area contributed by atoms with Gasteiger partial charge in [0.2, 0.25) is 4.96 Å². The molecule has 2 aromatic rings. The van der Waals surface area contributed by atoms with E-state index in [0.29, 0.717) is 5.92 Å². The van der Waals surface area contributed by atoms with E-state index in [1.807, 2.05) is 0 Å². The maximum atomic E-state index is 11.2. The fraction of sp³-hybridized carbons (Fsp3) is 0.600. The summed E-state index contributed by atoms with van der Waals surface area (Å²) >= 11 is 1.44. The minimum absolute atomic E-state index is 0.0224. The van der Waals surface area contributed by atoms with Crippen LogP contribution in [0, 0.1) is 11.8 Å². The van der Waals surface area contributed by atoms with Gasteiger partial charge in [-0.15, -0.1) is 10.2 Å². The zero-order valence-corrected chi connectivity index (χ0v) is 10.1. The van der Waals surface area contributed by atoms with Crippen LogP contribution in [0.1, 0.15) is 30.7 Å². The van der Waals surface area contributed by atoms with Crippen LogP contribution >= 0.6 is 11.3 Å². The van der Waals surface area contributed by atoms with Crippen molar-refractivity contribution in [1.82, 2.24) is 19.8 Å². The monoisotopic (exact) mass is 252 g/mol. The van der Waals surface area contributed by atoms with Crippen molar-refractivity contribution in [1.29, 1.82) is 0 Å². The van der Waals surface area contributed by atoms with Gasteiger partial charge in [-0.25, -0.2) is 0 Å². The summed E-state index contributed by atoms with van der Waals surface area (Å²) in [7, 11) is 0. The zero-order valence-electron chi connectivity index (χ0n) is 9.28. The summed E-state index contributed by atoms with van der Waals surface area (Å²) in [5.41, 5.74) is 0. The maximum absolute atomic E-state index is 11.2. The van der Waals surface area contributed by atoms with Gasteiger partial charge < -0.3 is 5.11 Å². The van der Waals surface area contributed by atoms with E-state index in [2.05, 4.69) is 22.2 Å². The zero-order chi connectivity index (χ0) is 12.0. The molecule has 7 heteroatoms. The molecule has 2 aromatic heterocycles. The van der Waals surface area contributed by atoms with E-state index in [-0.39, 0.29) is 11.8 Å². The van der Waals surface area contributed by atoms with E-state index in [1.165, 1.54) is 11.3 Å². The summed E-state index contributed by atoms with van der Waals surface area (Å²) in [5.74, 6) is -0.566. The number of aliphatic carboxylic acids is 1. The Morgan fingerprint density at radius 2 is 2.41 bits per heavy atom. The molecule has 1 aliphatic carbocycles. The number of nitrogens with zero attached hydrogens (tertiary/aromatic N) is 4. The predicted molar refractivity (Wildman–Crippen MR) is 60.9 cm³/mol. The molecule has 1 aliphatic rings. The number of carboxylic acids is 1. The van der Waals surface area contributed by atoms with Gasteiger partial charge in [-0.05, 0) is 18.8 Å². The average Bonchev–Trinajstić information content (AvgIpc) is 2.87. The second kappa shape index (κ2) is 3.76. The van der Waals surface area contributed by atoms with Crippen molar-refractivity contribution in [3.63, 3.8) is 0 Å². The predicted octanol–water partition coefficient (Wildman–Crippen LogP) is 1.40. The fourth-order valence-corrected chi connectivity index (χ4v) is 3.56. The smallest absolute Gasteiger partial charge is 0.307 e. The van der Waals surface area contributed by atoms with Crippen molar-refractivity contribution < 1.29 is 9.90 Å². The highest BCUT2D eigenvalue weighted by Gasteiger charge is 2.39. The van der Waals surface area contributed by atoms with Crippen LogP contribution in [0.3, 0.4) is 0 Å². The number of hydrogen-bond acceptors (Lipinski definition) is 5. The third kappa shape index (κ3) is 1.70. The van der Waals surface area contributed by atoms with Crippen LogP contribution in [0.4, 0.5) is 0 Å². The SMILES string of the molecule is CC1CC(C(=O)O)C(c2nn3cnnc3s2)C1. The van der Waals surface area contributed by atoms with Crippen LogP contribution in [0.15, 0.2) is 6.33 Å². The van der Waals surface area contributed by atoms with E-state index in [4.69, 9.17) is 0 Å². The second-order valence-electron chi connectivity index (χ2n) is 4.63. The highest BCUT2D eigenvalue weighted by Crippen LogP contribution is 2.44. The molecule has 0 amide bonds. The first kappa shape index (κ1) is 10.6. The van der Waals surface area contributed by atoms with E-state index >= 15 is 0 Å². The molecular formula is C10H12N4O2S. The van der Waals surface area contributed by atoms with Gasteiger partial charge in [0.05, 0.1) is 5.92 Å². The number of aromatic nitrogens is 4. The average molecular weight is 252 g/mol. The summed E-state index contributed by atoms with van der Waals surface area (Å²) in [6.45, 7) is 2.09. The lowest BCUT2D eigenvalue weighted by Crippen LogP contribution is -2.16. The minimum Gasteiger partial charge on any atom is -0.481 e. The van der Waals surface area contributed by atoms with Crippen LogP contribution in [0.5, 0.6) is 0 Å². The quantitative estimate of drug-likeness (QED) is 0.873. The van der Waals surface area contributed by atoms with Gasteiger partial charge in [0.15, 0.2) is 0 Å². The third-order valence-corrected chi connectivity index (χ3v) is 4.38. The van der Waals surface area contributed by atoms with Crippen LogP contribution < -0.4 is 0 Å². The van der Waals surface area contributed by atoms with Crippen LogP contribution in [0.2, 0.25) is 0 Å². The normalized spacial score (nSPS) is 28.9. The second-order valence-corrected chi connectivity index (χ2v) is 5.61. The van der Waals surface area contributed by atoms with Gasteiger partial charge in [-0.1, -0.05) is 18.3 Å². The third-order valence-electron chi connectivity index (χ3n) is 3.34.